The van der Waals surface area contributed by atoms with Crippen LogP contribution in [0.4, 0.5) is 16.4 Å². The van der Waals surface area contributed by atoms with E-state index in [-0.39, 0.29) is 5.91 Å². The molecule has 0 aliphatic heterocycles. The molecule has 3 aromatic carbocycles. The molecule has 0 saturated heterocycles. The smallest absolute Gasteiger partial charge is 0.413 e. The van der Waals surface area contributed by atoms with Crippen LogP contribution in [-0.4, -0.2) is 69.7 Å². The minimum atomic E-state index is -0.626. The van der Waals surface area contributed by atoms with Gasteiger partial charge in [0.2, 0.25) is 5.91 Å². The second kappa shape index (κ2) is 15.4. The number of ether oxygens (including phenoxy) is 2. The summed E-state index contributed by atoms with van der Waals surface area (Å²) in [6.07, 6.45) is 5.33. The van der Waals surface area contributed by atoms with E-state index in [9.17, 15) is 14.4 Å². The van der Waals surface area contributed by atoms with Crippen molar-refractivity contribution in [2.24, 2.45) is 5.73 Å². The van der Waals surface area contributed by atoms with E-state index >= 15 is 0 Å². The van der Waals surface area contributed by atoms with Crippen LogP contribution < -0.4 is 26.8 Å². The summed E-state index contributed by atoms with van der Waals surface area (Å²) in [7, 11) is 1.61. The number of carbonyl (C=O) groups excluding carboxylic acids is 3. The third-order valence-corrected chi connectivity index (χ3v) is 7.70. The van der Waals surface area contributed by atoms with Crippen LogP contribution in [0.3, 0.4) is 0 Å². The van der Waals surface area contributed by atoms with Crippen LogP contribution in [0.5, 0.6) is 5.75 Å². The van der Waals surface area contributed by atoms with Gasteiger partial charge in [0.1, 0.15) is 59.9 Å². The monoisotopic (exact) mass is 728 g/mol. The Hall–Kier alpha value is -7.43. The molecule has 0 unspecified atom stereocenters. The zero-order valence-electron chi connectivity index (χ0n) is 29.7. The highest BCUT2D eigenvalue weighted by molar-refractivity contribution is 5.98. The normalized spacial score (nSPS) is 11.0. The molecule has 7 rings (SSSR count). The van der Waals surface area contributed by atoms with Crippen molar-refractivity contribution in [1.82, 2.24) is 44.4 Å². The van der Waals surface area contributed by atoms with Gasteiger partial charge in [-0.05, 0) is 74.9 Å². The minimum absolute atomic E-state index is 0.205. The van der Waals surface area contributed by atoms with Crippen LogP contribution in [0.1, 0.15) is 47.1 Å². The first-order valence-corrected chi connectivity index (χ1v) is 16.4. The van der Waals surface area contributed by atoms with Crippen LogP contribution in [0.2, 0.25) is 0 Å². The summed E-state index contributed by atoms with van der Waals surface area (Å²) < 4.78 is 13.9. The van der Waals surface area contributed by atoms with Crippen LogP contribution in [-0.2, 0) is 11.3 Å². The largest absolute Gasteiger partial charge is 0.497 e. The molecule has 0 spiro atoms. The second-order valence-corrected chi connectivity index (χ2v) is 12.7. The zero-order valence-corrected chi connectivity index (χ0v) is 29.7. The molecule has 274 valence electrons. The molecule has 4 heterocycles. The van der Waals surface area contributed by atoms with Crippen LogP contribution in [0.15, 0.2) is 98.1 Å². The van der Waals surface area contributed by atoms with Gasteiger partial charge < -0.3 is 26.3 Å². The number of nitrogens with zero attached hydrogens (tertiary/aromatic N) is 8. The predicted octanol–water partition coefficient (Wildman–Crippen LogP) is 4.60. The van der Waals surface area contributed by atoms with Crippen molar-refractivity contribution in [2.45, 2.75) is 32.9 Å². The molecule has 0 bridgehead atoms. The molecular formula is C37H36N12O5. The maximum Gasteiger partial charge on any atom is 0.413 e. The molecular weight excluding hydrogens is 692 g/mol. The molecule has 0 aliphatic carbocycles. The number of benzene rings is 3. The first kappa shape index (κ1) is 36.4. The van der Waals surface area contributed by atoms with Crippen molar-refractivity contribution in [3.05, 3.63) is 115 Å². The number of hydrogen-bond acceptors (Lipinski definition) is 12. The van der Waals surface area contributed by atoms with Crippen LogP contribution in [0.25, 0.3) is 33.7 Å². The van der Waals surface area contributed by atoms with Crippen molar-refractivity contribution < 1.29 is 23.9 Å². The van der Waals surface area contributed by atoms with E-state index < -0.39 is 17.6 Å². The molecule has 17 heteroatoms. The Bertz CT molecular complexity index is 2470. The van der Waals surface area contributed by atoms with Gasteiger partial charge in [0.05, 0.1) is 29.2 Å². The molecule has 17 nitrogen and oxygen atoms in total. The number of hydrogen-bond donors (Lipinski definition) is 4. The molecule has 4 aromatic heterocycles. The van der Waals surface area contributed by atoms with Crippen molar-refractivity contribution in [1.29, 1.82) is 0 Å². The number of anilines is 2. The molecule has 0 fully saturated rings. The lowest BCUT2D eigenvalue weighted by molar-refractivity contribution is 0.0634. The lowest BCUT2D eigenvalue weighted by atomic mass is 10.1. The highest BCUT2D eigenvalue weighted by Crippen LogP contribution is 2.21. The Kier molecular flexibility index (Phi) is 10.4. The fourth-order valence-electron chi connectivity index (χ4n) is 5.16. The third kappa shape index (κ3) is 8.71. The topological polar surface area (TPSA) is 233 Å². The number of nitrogen functional groups attached to an aromatic ring is 1. The highest BCUT2D eigenvalue weighted by Gasteiger charge is 2.18. The third-order valence-electron chi connectivity index (χ3n) is 7.70. The van der Waals surface area contributed by atoms with Crippen molar-refractivity contribution >= 4 is 51.6 Å². The Morgan fingerprint density at radius 2 is 1.33 bits per heavy atom. The molecule has 54 heavy (non-hydrogen) atoms. The fraction of sp³-hybridized carbons (Fsp3) is 0.162. The quantitative estimate of drug-likeness (QED) is 0.168. The number of aromatic nitrogens is 8. The average molecular weight is 729 g/mol. The molecule has 0 radical (unpaired) electrons. The summed E-state index contributed by atoms with van der Waals surface area (Å²) in [5.41, 5.74) is 14.9. The van der Waals surface area contributed by atoms with Crippen LogP contribution in [0, 0.1) is 0 Å². The van der Waals surface area contributed by atoms with Gasteiger partial charge in [-0.1, -0.05) is 12.1 Å². The predicted molar refractivity (Wildman–Crippen MR) is 200 cm³/mol. The van der Waals surface area contributed by atoms with Gasteiger partial charge in [0.25, 0.3) is 5.91 Å². The maximum absolute atomic E-state index is 12.7. The number of imidazole rings is 2. The number of amides is 3. The van der Waals surface area contributed by atoms with Gasteiger partial charge in [-0.2, -0.15) is 0 Å². The lowest BCUT2D eigenvalue weighted by Gasteiger charge is -2.19. The minimum Gasteiger partial charge on any atom is -0.497 e. The SMILES string of the molecule is COc1ccc(CNC(=O)c2ccc3c(c2)ncn3-c2cc(NC(=O)OC(C)(C)C)ncn2)cc1.NC(=O)c1ccc2c(c1)ncn2-c1cc(N)ncn1. The van der Waals surface area contributed by atoms with E-state index in [1.807, 2.05) is 24.3 Å². The van der Waals surface area contributed by atoms with Crippen molar-refractivity contribution in [2.75, 3.05) is 18.2 Å². The summed E-state index contributed by atoms with van der Waals surface area (Å²) in [6, 6.07) is 21.0. The molecule has 0 atom stereocenters. The number of carbonyl (C=O) groups is 3. The Balaban J connectivity index is 0.000000219. The molecule has 7 aromatic rings. The van der Waals surface area contributed by atoms with E-state index in [0.717, 1.165) is 22.3 Å². The van der Waals surface area contributed by atoms with Gasteiger partial charge in [-0.25, -0.2) is 34.7 Å². The Morgan fingerprint density at radius 3 is 1.93 bits per heavy atom. The summed E-state index contributed by atoms with van der Waals surface area (Å²) >= 11 is 0. The summed E-state index contributed by atoms with van der Waals surface area (Å²) in [5.74, 6) is 1.86. The maximum atomic E-state index is 12.7. The number of nitrogens with one attached hydrogen (secondary N) is 2. The van der Waals surface area contributed by atoms with Crippen molar-refractivity contribution in [3.63, 3.8) is 0 Å². The van der Waals surface area contributed by atoms with Gasteiger partial charge >= 0.3 is 6.09 Å². The molecule has 0 aliphatic rings. The van der Waals surface area contributed by atoms with E-state index in [4.69, 9.17) is 20.9 Å². The lowest BCUT2D eigenvalue weighted by Crippen LogP contribution is -2.27. The molecule has 6 N–H and O–H groups in total. The number of rotatable bonds is 8. The number of methoxy groups -OCH3 is 1. The number of primary amides is 1. The number of nitrogens with two attached hydrogens (primary N) is 2. The molecule has 3 amide bonds. The van der Waals surface area contributed by atoms with Gasteiger partial charge in [0, 0.05) is 29.8 Å². The Labute approximate surface area is 308 Å². The Morgan fingerprint density at radius 1 is 0.741 bits per heavy atom. The van der Waals surface area contributed by atoms with E-state index in [0.29, 0.717) is 52.0 Å². The van der Waals surface area contributed by atoms with Gasteiger partial charge in [0.15, 0.2) is 0 Å². The number of fused-ring (bicyclic) bond motifs is 2. The zero-order chi connectivity index (χ0) is 38.4. The summed E-state index contributed by atoms with van der Waals surface area (Å²) in [4.78, 5) is 60.8. The standard InChI is InChI=1S/C25H26N6O4.C12H10N6O/c1-25(2,3)35-24(33)30-21-12-22(28-14-27-21)31-15-29-19-11-17(7-10-20(19)31)23(32)26-13-16-5-8-18(34-4)9-6-16;13-10-4-11(16-5-15-10)18-6-17-8-3-7(12(14)19)1-2-9(8)18/h5-12,14-15H,13H2,1-4H3,(H,26,32)(H,27,28,30,33);1-6H,(H2,14,19)(H2,13,15,16). The second-order valence-electron chi connectivity index (χ2n) is 12.7. The first-order valence-electron chi connectivity index (χ1n) is 16.4. The van der Waals surface area contributed by atoms with E-state index in [2.05, 4.69) is 40.5 Å². The van der Waals surface area contributed by atoms with E-state index in [1.54, 1.807) is 98.2 Å². The summed E-state index contributed by atoms with van der Waals surface area (Å²) in [5, 5.41) is 5.51. The molecule has 0 saturated carbocycles. The summed E-state index contributed by atoms with van der Waals surface area (Å²) in [6.45, 7) is 5.74. The van der Waals surface area contributed by atoms with Crippen molar-refractivity contribution in [3.8, 4) is 17.4 Å². The highest BCUT2D eigenvalue weighted by atomic mass is 16.6. The first-order chi connectivity index (χ1) is 25.9. The van der Waals surface area contributed by atoms with Crippen LogP contribution >= 0.6 is 0 Å². The van der Waals surface area contributed by atoms with Gasteiger partial charge in [-0.15, -0.1) is 0 Å². The van der Waals surface area contributed by atoms with E-state index in [1.165, 1.54) is 12.7 Å². The fourth-order valence-corrected chi connectivity index (χ4v) is 5.16. The van der Waals surface area contributed by atoms with Gasteiger partial charge in [-0.3, -0.25) is 24.0 Å². The average Bonchev–Trinajstić information content (AvgIpc) is 3.78.